The molecule has 4 N–H and O–H groups in total. The number of sulfonamides is 1. The van der Waals surface area contributed by atoms with Crippen LogP contribution < -0.4 is 14.9 Å². The van der Waals surface area contributed by atoms with Crippen molar-refractivity contribution >= 4 is 21.8 Å². The first-order valence-corrected chi connectivity index (χ1v) is 13.2. The van der Waals surface area contributed by atoms with Crippen molar-refractivity contribution in [3.05, 3.63) is 60.2 Å². The molecule has 0 saturated carbocycles. The maximum atomic E-state index is 13.4. The number of amides is 1. The summed E-state index contributed by atoms with van der Waals surface area (Å²) in [6.07, 6.45) is -1.58. The zero-order valence-electron chi connectivity index (χ0n) is 21.2. The van der Waals surface area contributed by atoms with Crippen LogP contribution in [0, 0.1) is 16.7 Å². The molecule has 0 saturated heterocycles. The quantitative estimate of drug-likeness (QED) is 0.320. The summed E-state index contributed by atoms with van der Waals surface area (Å²) in [7, 11) is -0.464. The van der Waals surface area contributed by atoms with Crippen LogP contribution in [0.1, 0.15) is 38.7 Å². The number of carboxylic acid groups (broad SMARTS) is 1. The van der Waals surface area contributed by atoms with Gasteiger partial charge < -0.3 is 20.4 Å². The van der Waals surface area contributed by atoms with E-state index in [1.807, 2.05) is 44.2 Å². The highest BCUT2D eigenvalue weighted by Crippen LogP contribution is 2.31. The number of nitrogens with one attached hydrogen (secondary N) is 2. The Hall–Kier alpha value is -3.13. The van der Waals surface area contributed by atoms with Crippen molar-refractivity contribution in [1.82, 2.24) is 10.0 Å². The molecule has 2 aromatic rings. The Morgan fingerprint density at radius 2 is 1.78 bits per heavy atom. The van der Waals surface area contributed by atoms with Gasteiger partial charge in [0.1, 0.15) is 0 Å². The van der Waals surface area contributed by atoms with Gasteiger partial charge in [0.15, 0.2) is 0 Å². The monoisotopic (exact) mass is 516 g/mol. The number of nitrogens with zero attached hydrogens (tertiary/aromatic N) is 2. The fourth-order valence-corrected chi connectivity index (χ4v) is 5.38. The summed E-state index contributed by atoms with van der Waals surface area (Å²) < 4.78 is 29.4. The highest BCUT2D eigenvalue weighted by molar-refractivity contribution is 7.89. The number of anilines is 1. The predicted octanol–water partition coefficient (Wildman–Crippen LogP) is 3.36. The molecule has 0 bridgehead atoms. The highest BCUT2D eigenvalue weighted by atomic mass is 32.2. The van der Waals surface area contributed by atoms with Crippen LogP contribution in [0.25, 0.3) is 0 Å². The van der Waals surface area contributed by atoms with Gasteiger partial charge in [0.2, 0.25) is 10.0 Å². The molecule has 9 nitrogen and oxygen atoms in total. The second-order valence-electron chi connectivity index (χ2n) is 9.88. The van der Waals surface area contributed by atoms with Crippen molar-refractivity contribution < 1.29 is 23.4 Å². The van der Waals surface area contributed by atoms with Crippen molar-refractivity contribution in [2.24, 2.45) is 5.41 Å². The first kappa shape index (κ1) is 29.1. The lowest BCUT2D eigenvalue weighted by Crippen LogP contribution is -2.55. The Morgan fingerprint density at radius 3 is 2.36 bits per heavy atom. The number of aliphatic hydroxyl groups excluding tert-OH is 1. The molecule has 0 fully saturated rings. The van der Waals surface area contributed by atoms with Crippen molar-refractivity contribution in [2.45, 2.75) is 62.6 Å². The molecule has 0 spiro atoms. The topological polar surface area (TPSA) is 143 Å². The Kier molecular flexibility index (Phi) is 10.3. The molecule has 36 heavy (non-hydrogen) atoms. The van der Waals surface area contributed by atoms with Crippen LogP contribution in [-0.2, 0) is 16.4 Å². The Labute approximate surface area is 213 Å². The van der Waals surface area contributed by atoms with Crippen molar-refractivity contribution in [2.75, 3.05) is 19.0 Å². The fraction of sp³-hybridized carbons (Fsp3) is 0.462. The summed E-state index contributed by atoms with van der Waals surface area (Å²) in [5.41, 5.74) is 0.980. The third-order valence-electron chi connectivity index (χ3n) is 6.07. The standard InChI is InChI=1S/C26H36N4O5S/c1-26(2,14-9-15-27)18-23(29-36(34,35)21-13-8-12-20(17-21)30(3)4)24(31)22(28-25(32)33)16-19-10-6-5-7-11-19/h5-8,10-13,17,22-24,28-29,31H,9,14,16,18H2,1-4H3,(H,32,33)/t22-,23?,24+/m0/s1. The van der Waals surface area contributed by atoms with Crippen LogP contribution in [0.5, 0.6) is 0 Å². The zero-order valence-corrected chi connectivity index (χ0v) is 22.0. The van der Waals surface area contributed by atoms with Gasteiger partial charge in [-0.15, -0.1) is 0 Å². The van der Waals surface area contributed by atoms with Gasteiger partial charge in [-0.25, -0.2) is 17.9 Å². The lowest BCUT2D eigenvalue weighted by Gasteiger charge is -2.35. The summed E-state index contributed by atoms with van der Waals surface area (Å²) in [4.78, 5) is 13.4. The molecule has 0 aliphatic carbocycles. The molecule has 1 amide bonds. The second-order valence-corrected chi connectivity index (χ2v) is 11.6. The van der Waals surface area contributed by atoms with Crippen LogP contribution in [0.4, 0.5) is 10.5 Å². The first-order chi connectivity index (χ1) is 16.8. The minimum Gasteiger partial charge on any atom is -0.465 e. The molecule has 1 unspecified atom stereocenters. The van der Waals surface area contributed by atoms with Gasteiger partial charge in [0, 0.05) is 26.2 Å². The predicted molar refractivity (Wildman–Crippen MR) is 139 cm³/mol. The number of carbonyl (C=O) groups is 1. The highest BCUT2D eigenvalue weighted by Gasteiger charge is 2.36. The van der Waals surface area contributed by atoms with Crippen LogP contribution in [-0.4, -0.2) is 57.0 Å². The number of benzene rings is 2. The summed E-state index contributed by atoms with van der Waals surface area (Å²) in [5.74, 6) is 0. The number of hydrogen-bond donors (Lipinski definition) is 4. The van der Waals surface area contributed by atoms with E-state index in [2.05, 4.69) is 16.1 Å². The Balaban J connectivity index is 2.43. The minimum atomic E-state index is -4.07. The summed E-state index contributed by atoms with van der Waals surface area (Å²) >= 11 is 0. The van der Waals surface area contributed by atoms with E-state index in [9.17, 15) is 23.4 Å². The van der Waals surface area contributed by atoms with Gasteiger partial charge in [0.05, 0.1) is 29.2 Å². The van der Waals surface area contributed by atoms with Crippen LogP contribution >= 0.6 is 0 Å². The van der Waals surface area contributed by atoms with E-state index in [1.165, 1.54) is 12.1 Å². The summed E-state index contributed by atoms with van der Waals surface area (Å²) in [5, 5.41) is 32.2. The van der Waals surface area contributed by atoms with E-state index in [4.69, 9.17) is 5.26 Å². The molecule has 0 aliphatic heterocycles. The molecular weight excluding hydrogens is 480 g/mol. The van der Waals surface area contributed by atoms with E-state index in [-0.39, 0.29) is 24.2 Å². The molecule has 196 valence electrons. The maximum absolute atomic E-state index is 13.4. The second kappa shape index (κ2) is 12.7. The maximum Gasteiger partial charge on any atom is 0.404 e. The van der Waals surface area contributed by atoms with E-state index >= 15 is 0 Å². The molecule has 3 atom stereocenters. The van der Waals surface area contributed by atoms with Gasteiger partial charge >= 0.3 is 6.09 Å². The summed E-state index contributed by atoms with van der Waals surface area (Å²) in [6.45, 7) is 3.78. The zero-order chi connectivity index (χ0) is 26.9. The van der Waals surface area contributed by atoms with E-state index in [0.29, 0.717) is 12.1 Å². The lowest BCUT2D eigenvalue weighted by atomic mass is 9.79. The van der Waals surface area contributed by atoms with Crippen molar-refractivity contribution in [3.63, 3.8) is 0 Å². The van der Waals surface area contributed by atoms with Gasteiger partial charge in [-0.2, -0.15) is 5.26 Å². The van der Waals surface area contributed by atoms with Gasteiger partial charge in [-0.1, -0.05) is 50.2 Å². The van der Waals surface area contributed by atoms with Gasteiger partial charge in [0.25, 0.3) is 0 Å². The van der Waals surface area contributed by atoms with Crippen LogP contribution in [0.15, 0.2) is 59.5 Å². The third kappa shape index (κ3) is 8.82. The lowest BCUT2D eigenvalue weighted by molar-refractivity contribution is 0.0724. The average molecular weight is 517 g/mol. The molecule has 2 aromatic carbocycles. The van der Waals surface area contributed by atoms with Crippen LogP contribution in [0.2, 0.25) is 0 Å². The number of hydrogen-bond acceptors (Lipinski definition) is 6. The normalized spacial score (nSPS) is 14.3. The van der Waals surface area contributed by atoms with E-state index < -0.39 is 39.7 Å². The largest absolute Gasteiger partial charge is 0.465 e. The summed E-state index contributed by atoms with van der Waals surface area (Å²) in [6, 6.07) is 15.6. The first-order valence-electron chi connectivity index (χ1n) is 11.7. The number of aliphatic hydroxyl groups is 1. The number of rotatable bonds is 13. The molecule has 2 rings (SSSR count). The van der Waals surface area contributed by atoms with Gasteiger partial charge in [-0.05, 0) is 48.4 Å². The van der Waals surface area contributed by atoms with Crippen LogP contribution in [0.3, 0.4) is 0 Å². The van der Waals surface area contributed by atoms with Gasteiger partial charge in [-0.3, -0.25) is 0 Å². The van der Waals surface area contributed by atoms with E-state index in [1.54, 1.807) is 31.1 Å². The van der Waals surface area contributed by atoms with Crippen molar-refractivity contribution in [1.29, 1.82) is 5.26 Å². The molecule has 10 heteroatoms. The molecular formula is C26H36N4O5S. The Bertz CT molecular complexity index is 1150. The number of nitriles is 1. The molecule has 0 aliphatic rings. The molecule has 0 aromatic heterocycles. The average Bonchev–Trinajstić information content (AvgIpc) is 2.81. The van der Waals surface area contributed by atoms with Crippen molar-refractivity contribution in [3.8, 4) is 6.07 Å². The third-order valence-corrected chi connectivity index (χ3v) is 7.56. The Morgan fingerprint density at radius 1 is 1.11 bits per heavy atom. The van der Waals surface area contributed by atoms with E-state index in [0.717, 1.165) is 5.56 Å². The minimum absolute atomic E-state index is 0.0338. The SMILES string of the molecule is CN(C)c1cccc(S(=O)(=O)NC(CC(C)(C)CCC#N)[C@H](O)[C@H](Cc2ccccc2)NC(=O)O)c1. The fourth-order valence-electron chi connectivity index (χ4n) is 4.08. The smallest absolute Gasteiger partial charge is 0.404 e. The molecule has 0 radical (unpaired) electrons. The molecule has 0 heterocycles.